The quantitative estimate of drug-likeness (QED) is 0.806. The summed E-state index contributed by atoms with van der Waals surface area (Å²) in [4.78, 5) is 16.3. The van der Waals surface area contributed by atoms with Crippen molar-refractivity contribution < 1.29 is 4.79 Å². The molecule has 22 heavy (non-hydrogen) atoms. The molecule has 1 amide bonds. The number of hydrogen-bond donors (Lipinski definition) is 1. The summed E-state index contributed by atoms with van der Waals surface area (Å²) in [6, 6.07) is 9.91. The standard InChI is InChI=1S/C16H14N4OS/c1-17-16(21)14-11-18-15(22-14)7-6-12-4-2-5-13(10-12)20-9-3-8-19-20/h2-11H,1H3,(H,17,21)/b7-6+. The fourth-order valence-electron chi connectivity index (χ4n) is 1.95. The molecule has 0 saturated carbocycles. The molecule has 6 heteroatoms. The summed E-state index contributed by atoms with van der Waals surface area (Å²) in [6.07, 6.45) is 9.11. The van der Waals surface area contributed by atoms with Crippen LogP contribution in [0, 0.1) is 0 Å². The SMILES string of the molecule is CNC(=O)c1cnc(/C=C/c2cccc(-n3cccn3)c2)s1. The largest absolute Gasteiger partial charge is 0.354 e. The van der Waals surface area contributed by atoms with E-state index in [1.807, 2.05) is 53.4 Å². The second-order valence-electron chi connectivity index (χ2n) is 4.52. The highest BCUT2D eigenvalue weighted by Gasteiger charge is 2.06. The fourth-order valence-corrected chi connectivity index (χ4v) is 2.72. The van der Waals surface area contributed by atoms with Crippen LogP contribution in [0.25, 0.3) is 17.8 Å². The lowest BCUT2D eigenvalue weighted by molar-refractivity contribution is 0.0967. The molecule has 0 aliphatic carbocycles. The van der Waals surface area contributed by atoms with Crippen LogP contribution in [0.2, 0.25) is 0 Å². The van der Waals surface area contributed by atoms with Gasteiger partial charge >= 0.3 is 0 Å². The molecule has 0 bridgehead atoms. The average molecular weight is 310 g/mol. The van der Waals surface area contributed by atoms with E-state index < -0.39 is 0 Å². The van der Waals surface area contributed by atoms with Gasteiger partial charge in [-0.3, -0.25) is 4.79 Å². The van der Waals surface area contributed by atoms with Crippen molar-refractivity contribution in [1.82, 2.24) is 20.1 Å². The second kappa shape index (κ2) is 6.36. The first-order chi connectivity index (χ1) is 10.8. The van der Waals surface area contributed by atoms with Crippen molar-refractivity contribution in [3.05, 3.63) is 64.4 Å². The van der Waals surface area contributed by atoms with E-state index in [1.165, 1.54) is 11.3 Å². The van der Waals surface area contributed by atoms with Crippen LogP contribution in [-0.2, 0) is 0 Å². The molecule has 0 aliphatic rings. The van der Waals surface area contributed by atoms with Crippen molar-refractivity contribution in [3.63, 3.8) is 0 Å². The number of nitrogens with one attached hydrogen (secondary N) is 1. The monoisotopic (exact) mass is 310 g/mol. The maximum Gasteiger partial charge on any atom is 0.262 e. The van der Waals surface area contributed by atoms with Gasteiger partial charge in [-0.05, 0) is 29.8 Å². The topological polar surface area (TPSA) is 59.8 Å². The summed E-state index contributed by atoms with van der Waals surface area (Å²) in [5.41, 5.74) is 2.04. The Balaban J connectivity index is 1.79. The zero-order valence-electron chi connectivity index (χ0n) is 11.9. The van der Waals surface area contributed by atoms with E-state index in [0.717, 1.165) is 16.3 Å². The van der Waals surface area contributed by atoms with Crippen LogP contribution in [0.5, 0.6) is 0 Å². The van der Waals surface area contributed by atoms with E-state index in [4.69, 9.17) is 0 Å². The summed E-state index contributed by atoms with van der Waals surface area (Å²) in [5, 5.41) is 7.60. The number of amides is 1. The molecular formula is C16H14N4OS. The van der Waals surface area contributed by atoms with Crippen molar-refractivity contribution in [2.75, 3.05) is 7.05 Å². The third-order valence-electron chi connectivity index (χ3n) is 3.03. The van der Waals surface area contributed by atoms with Gasteiger partial charge in [0.25, 0.3) is 5.91 Å². The van der Waals surface area contributed by atoms with E-state index in [1.54, 1.807) is 19.4 Å². The minimum Gasteiger partial charge on any atom is -0.354 e. The first kappa shape index (κ1) is 14.2. The predicted molar refractivity (Wildman–Crippen MR) is 88.0 cm³/mol. The maximum absolute atomic E-state index is 11.5. The van der Waals surface area contributed by atoms with Crippen LogP contribution in [-0.4, -0.2) is 27.7 Å². The number of nitrogens with zero attached hydrogens (tertiary/aromatic N) is 3. The van der Waals surface area contributed by atoms with Crippen LogP contribution >= 0.6 is 11.3 Å². The highest BCUT2D eigenvalue weighted by Crippen LogP contribution is 2.17. The van der Waals surface area contributed by atoms with Gasteiger partial charge in [-0.1, -0.05) is 18.2 Å². The Morgan fingerprint density at radius 1 is 1.32 bits per heavy atom. The van der Waals surface area contributed by atoms with Gasteiger partial charge in [0.05, 0.1) is 11.9 Å². The number of carbonyl (C=O) groups excluding carboxylic acids is 1. The molecule has 0 saturated heterocycles. The summed E-state index contributed by atoms with van der Waals surface area (Å²) < 4.78 is 1.81. The van der Waals surface area contributed by atoms with Gasteiger partial charge in [-0.15, -0.1) is 11.3 Å². The van der Waals surface area contributed by atoms with Crippen LogP contribution < -0.4 is 5.32 Å². The third kappa shape index (κ3) is 3.12. The predicted octanol–water partition coefficient (Wildman–Crippen LogP) is 2.86. The molecule has 3 rings (SSSR count). The molecule has 1 aromatic carbocycles. The minimum absolute atomic E-state index is 0.113. The Labute approximate surface area is 131 Å². The van der Waals surface area contributed by atoms with Crippen molar-refractivity contribution in [1.29, 1.82) is 0 Å². The molecule has 0 spiro atoms. The lowest BCUT2D eigenvalue weighted by atomic mass is 10.2. The Morgan fingerprint density at radius 3 is 3.00 bits per heavy atom. The number of aromatic nitrogens is 3. The summed E-state index contributed by atoms with van der Waals surface area (Å²) in [6.45, 7) is 0. The number of thiazole rings is 1. The number of benzene rings is 1. The Morgan fingerprint density at radius 2 is 2.23 bits per heavy atom. The summed E-state index contributed by atoms with van der Waals surface area (Å²) in [7, 11) is 1.61. The Kier molecular flexibility index (Phi) is 4.11. The molecule has 0 aliphatic heterocycles. The van der Waals surface area contributed by atoms with Gasteiger partial charge in [0.15, 0.2) is 0 Å². The molecule has 0 fully saturated rings. The maximum atomic E-state index is 11.5. The molecule has 3 aromatic rings. The van der Waals surface area contributed by atoms with Gasteiger partial charge in [-0.25, -0.2) is 9.67 Å². The number of hydrogen-bond acceptors (Lipinski definition) is 4. The molecule has 2 heterocycles. The van der Waals surface area contributed by atoms with Crippen molar-refractivity contribution >= 4 is 29.4 Å². The minimum atomic E-state index is -0.113. The van der Waals surface area contributed by atoms with Crippen LogP contribution in [0.15, 0.2) is 48.9 Å². The summed E-state index contributed by atoms with van der Waals surface area (Å²) in [5.74, 6) is -0.113. The number of rotatable bonds is 4. The highest BCUT2D eigenvalue weighted by molar-refractivity contribution is 7.14. The number of carbonyl (C=O) groups is 1. The molecule has 0 unspecified atom stereocenters. The normalized spacial score (nSPS) is 11.0. The second-order valence-corrected chi connectivity index (χ2v) is 5.58. The van der Waals surface area contributed by atoms with Crippen molar-refractivity contribution in [2.45, 2.75) is 0 Å². The molecule has 110 valence electrons. The fraction of sp³-hybridized carbons (Fsp3) is 0.0625. The summed E-state index contributed by atoms with van der Waals surface area (Å²) >= 11 is 1.36. The van der Waals surface area contributed by atoms with Gasteiger partial charge in [0.1, 0.15) is 9.88 Å². The zero-order chi connectivity index (χ0) is 15.4. The van der Waals surface area contributed by atoms with Gasteiger partial charge in [-0.2, -0.15) is 5.10 Å². The Hall–Kier alpha value is -2.73. The molecular weight excluding hydrogens is 296 g/mol. The Bertz CT molecular complexity index is 805. The molecule has 2 aromatic heterocycles. The van der Waals surface area contributed by atoms with Gasteiger partial charge in [0, 0.05) is 19.4 Å². The highest BCUT2D eigenvalue weighted by atomic mass is 32.1. The van der Waals surface area contributed by atoms with Crippen molar-refractivity contribution in [2.24, 2.45) is 0 Å². The van der Waals surface area contributed by atoms with E-state index >= 15 is 0 Å². The van der Waals surface area contributed by atoms with E-state index in [-0.39, 0.29) is 5.91 Å². The molecule has 1 N–H and O–H groups in total. The first-order valence-electron chi connectivity index (χ1n) is 6.72. The van der Waals surface area contributed by atoms with Gasteiger partial charge in [0.2, 0.25) is 0 Å². The third-order valence-corrected chi connectivity index (χ3v) is 3.99. The van der Waals surface area contributed by atoms with E-state index in [9.17, 15) is 4.79 Å². The lowest BCUT2D eigenvalue weighted by Gasteiger charge is -2.01. The lowest BCUT2D eigenvalue weighted by Crippen LogP contribution is -2.16. The molecule has 0 atom stereocenters. The van der Waals surface area contributed by atoms with E-state index in [2.05, 4.69) is 15.4 Å². The molecule has 5 nitrogen and oxygen atoms in total. The van der Waals surface area contributed by atoms with Crippen LogP contribution in [0.4, 0.5) is 0 Å². The van der Waals surface area contributed by atoms with Crippen LogP contribution in [0.1, 0.15) is 20.2 Å². The smallest absolute Gasteiger partial charge is 0.262 e. The van der Waals surface area contributed by atoms with Crippen molar-refractivity contribution in [3.8, 4) is 5.69 Å². The average Bonchev–Trinajstić information content (AvgIpc) is 3.24. The first-order valence-corrected chi connectivity index (χ1v) is 7.54. The molecule has 0 radical (unpaired) electrons. The van der Waals surface area contributed by atoms with E-state index in [0.29, 0.717) is 4.88 Å². The van der Waals surface area contributed by atoms with Gasteiger partial charge < -0.3 is 5.32 Å². The van der Waals surface area contributed by atoms with Crippen LogP contribution in [0.3, 0.4) is 0 Å². The zero-order valence-corrected chi connectivity index (χ0v) is 12.7.